The van der Waals surface area contributed by atoms with Crippen molar-refractivity contribution in [3.63, 3.8) is 0 Å². The lowest BCUT2D eigenvalue weighted by Crippen LogP contribution is -1.99. The molecule has 2 rings (SSSR count). The predicted octanol–water partition coefficient (Wildman–Crippen LogP) is 2.01. The molecule has 0 atom stereocenters. The van der Waals surface area contributed by atoms with E-state index in [1.54, 1.807) is 13.3 Å². The van der Waals surface area contributed by atoms with Crippen LogP contribution in [0.2, 0.25) is 0 Å². The van der Waals surface area contributed by atoms with Crippen molar-refractivity contribution in [3.8, 4) is 5.75 Å². The van der Waals surface area contributed by atoms with Crippen molar-refractivity contribution < 1.29 is 4.74 Å². The van der Waals surface area contributed by atoms with Crippen molar-refractivity contribution in [2.24, 2.45) is 5.73 Å². The van der Waals surface area contributed by atoms with E-state index in [-0.39, 0.29) is 0 Å². The van der Waals surface area contributed by atoms with Crippen molar-refractivity contribution in [3.05, 3.63) is 35.7 Å². The number of ether oxygens (including phenoxy) is 1. The molecule has 0 aliphatic rings. The van der Waals surface area contributed by atoms with Gasteiger partial charge in [-0.05, 0) is 30.0 Å². The number of hydrogen-bond donors (Lipinski definition) is 1. The summed E-state index contributed by atoms with van der Waals surface area (Å²) in [6, 6.07) is 5.92. The Morgan fingerprint density at radius 1 is 1.33 bits per heavy atom. The maximum Gasteiger partial charge on any atom is 0.128 e. The largest absolute Gasteiger partial charge is 0.496 e. The lowest BCUT2D eigenvalue weighted by molar-refractivity contribution is 0.419. The van der Waals surface area contributed by atoms with Gasteiger partial charge in [0, 0.05) is 23.8 Å². The summed E-state index contributed by atoms with van der Waals surface area (Å²) in [6.07, 6.45) is 1.80. The second-order valence-electron chi connectivity index (χ2n) is 3.45. The van der Waals surface area contributed by atoms with Gasteiger partial charge in [0.25, 0.3) is 0 Å². The van der Waals surface area contributed by atoms with Gasteiger partial charge >= 0.3 is 0 Å². The summed E-state index contributed by atoms with van der Waals surface area (Å²) in [5.74, 6) is 0.854. The minimum atomic E-state index is 0.532. The van der Waals surface area contributed by atoms with Crippen LogP contribution in [-0.4, -0.2) is 12.1 Å². The molecule has 1 aromatic carbocycles. The molecule has 78 valence electrons. The Balaban J connectivity index is 2.86. The molecule has 0 bridgehead atoms. The van der Waals surface area contributed by atoms with Crippen LogP contribution in [-0.2, 0) is 6.54 Å². The van der Waals surface area contributed by atoms with Gasteiger partial charge < -0.3 is 10.5 Å². The van der Waals surface area contributed by atoms with Crippen LogP contribution in [0.1, 0.15) is 11.3 Å². The molecule has 2 aromatic rings. The minimum absolute atomic E-state index is 0.532. The number of aromatic nitrogens is 1. The standard InChI is InChI=1S/C12H14N2O/c1-8-12-10(5-6-14-8)9(7-13)3-4-11(12)15-2/h3-6H,7,13H2,1-2H3. The fraction of sp³-hybridized carbons (Fsp3) is 0.250. The Kier molecular flexibility index (Phi) is 2.56. The minimum Gasteiger partial charge on any atom is -0.496 e. The summed E-state index contributed by atoms with van der Waals surface area (Å²) in [7, 11) is 1.67. The number of fused-ring (bicyclic) bond motifs is 1. The Morgan fingerprint density at radius 2 is 2.13 bits per heavy atom. The molecule has 0 spiro atoms. The summed E-state index contributed by atoms with van der Waals surface area (Å²) in [6.45, 7) is 2.51. The molecule has 0 radical (unpaired) electrons. The van der Waals surface area contributed by atoms with E-state index in [0.29, 0.717) is 6.54 Å². The molecule has 0 aliphatic carbocycles. The van der Waals surface area contributed by atoms with Crippen LogP contribution in [0.25, 0.3) is 10.8 Å². The quantitative estimate of drug-likeness (QED) is 0.810. The number of aryl methyl sites for hydroxylation is 1. The van der Waals surface area contributed by atoms with E-state index in [1.807, 2.05) is 25.1 Å². The van der Waals surface area contributed by atoms with Gasteiger partial charge in [0.2, 0.25) is 0 Å². The molecular weight excluding hydrogens is 188 g/mol. The van der Waals surface area contributed by atoms with E-state index in [9.17, 15) is 0 Å². The topological polar surface area (TPSA) is 48.1 Å². The summed E-state index contributed by atoms with van der Waals surface area (Å²) in [5, 5.41) is 2.19. The molecule has 0 saturated carbocycles. The maximum absolute atomic E-state index is 5.70. The van der Waals surface area contributed by atoms with E-state index in [0.717, 1.165) is 27.8 Å². The first kappa shape index (κ1) is 9.93. The highest BCUT2D eigenvalue weighted by molar-refractivity contribution is 5.92. The van der Waals surface area contributed by atoms with E-state index in [4.69, 9.17) is 10.5 Å². The second-order valence-corrected chi connectivity index (χ2v) is 3.45. The highest BCUT2D eigenvalue weighted by atomic mass is 16.5. The van der Waals surface area contributed by atoms with Crippen LogP contribution in [0.4, 0.5) is 0 Å². The fourth-order valence-corrected chi connectivity index (χ4v) is 1.84. The van der Waals surface area contributed by atoms with Gasteiger partial charge in [-0.15, -0.1) is 0 Å². The number of benzene rings is 1. The van der Waals surface area contributed by atoms with E-state index in [1.165, 1.54) is 0 Å². The smallest absolute Gasteiger partial charge is 0.128 e. The molecule has 0 amide bonds. The van der Waals surface area contributed by atoms with Gasteiger partial charge in [-0.25, -0.2) is 0 Å². The zero-order valence-corrected chi connectivity index (χ0v) is 8.95. The molecule has 0 unspecified atom stereocenters. The van der Waals surface area contributed by atoms with Crippen molar-refractivity contribution in [2.75, 3.05) is 7.11 Å². The third-order valence-corrected chi connectivity index (χ3v) is 2.61. The Bertz CT molecular complexity index is 494. The fourth-order valence-electron chi connectivity index (χ4n) is 1.84. The average molecular weight is 202 g/mol. The molecule has 0 aliphatic heterocycles. The lowest BCUT2D eigenvalue weighted by atomic mass is 10.0. The Labute approximate surface area is 88.9 Å². The molecule has 1 heterocycles. The van der Waals surface area contributed by atoms with Crippen LogP contribution in [0.5, 0.6) is 5.75 Å². The number of nitrogens with two attached hydrogens (primary N) is 1. The Morgan fingerprint density at radius 3 is 2.80 bits per heavy atom. The third kappa shape index (κ3) is 1.55. The first-order valence-corrected chi connectivity index (χ1v) is 4.89. The van der Waals surface area contributed by atoms with Gasteiger partial charge in [-0.3, -0.25) is 4.98 Å². The maximum atomic E-state index is 5.70. The monoisotopic (exact) mass is 202 g/mol. The van der Waals surface area contributed by atoms with Gasteiger partial charge in [0.1, 0.15) is 5.75 Å². The normalized spacial score (nSPS) is 10.6. The average Bonchev–Trinajstić information content (AvgIpc) is 2.28. The van der Waals surface area contributed by atoms with Gasteiger partial charge in [-0.1, -0.05) is 6.07 Å². The molecule has 2 N–H and O–H groups in total. The first-order chi connectivity index (χ1) is 7.27. The molecule has 1 aromatic heterocycles. The second kappa shape index (κ2) is 3.87. The number of methoxy groups -OCH3 is 1. The van der Waals surface area contributed by atoms with Crippen molar-refractivity contribution in [2.45, 2.75) is 13.5 Å². The molecular formula is C12H14N2O. The molecule has 15 heavy (non-hydrogen) atoms. The number of rotatable bonds is 2. The molecule has 3 nitrogen and oxygen atoms in total. The SMILES string of the molecule is COc1ccc(CN)c2ccnc(C)c12. The van der Waals surface area contributed by atoms with Crippen molar-refractivity contribution in [1.82, 2.24) is 4.98 Å². The predicted molar refractivity (Wildman–Crippen MR) is 60.9 cm³/mol. The van der Waals surface area contributed by atoms with Crippen molar-refractivity contribution in [1.29, 1.82) is 0 Å². The lowest BCUT2D eigenvalue weighted by Gasteiger charge is -2.10. The summed E-state index contributed by atoms with van der Waals surface area (Å²) < 4.78 is 5.33. The van der Waals surface area contributed by atoms with Crippen LogP contribution in [0, 0.1) is 6.92 Å². The zero-order chi connectivity index (χ0) is 10.8. The van der Waals surface area contributed by atoms with Gasteiger partial charge in [-0.2, -0.15) is 0 Å². The van der Waals surface area contributed by atoms with Crippen molar-refractivity contribution >= 4 is 10.8 Å². The van der Waals surface area contributed by atoms with Crippen LogP contribution in [0.3, 0.4) is 0 Å². The van der Waals surface area contributed by atoms with E-state index >= 15 is 0 Å². The van der Waals surface area contributed by atoms with E-state index in [2.05, 4.69) is 4.98 Å². The highest BCUT2D eigenvalue weighted by Crippen LogP contribution is 2.29. The van der Waals surface area contributed by atoms with Crippen LogP contribution in [0.15, 0.2) is 24.4 Å². The summed E-state index contributed by atoms with van der Waals surface area (Å²) in [5.41, 5.74) is 7.79. The molecule has 3 heteroatoms. The van der Waals surface area contributed by atoms with Crippen LogP contribution >= 0.6 is 0 Å². The zero-order valence-electron chi connectivity index (χ0n) is 8.95. The van der Waals surface area contributed by atoms with Gasteiger partial charge in [0.05, 0.1) is 7.11 Å². The number of nitrogens with zero attached hydrogens (tertiary/aromatic N) is 1. The van der Waals surface area contributed by atoms with Gasteiger partial charge in [0.15, 0.2) is 0 Å². The Hall–Kier alpha value is -1.61. The summed E-state index contributed by atoms with van der Waals surface area (Å²) >= 11 is 0. The highest BCUT2D eigenvalue weighted by Gasteiger charge is 2.07. The first-order valence-electron chi connectivity index (χ1n) is 4.89. The molecule has 0 saturated heterocycles. The van der Waals surface area contributed by atoms with Crippen LogP contribution < -0.4 is 10.5 Å². The number of hydrogen-bond acceptors (Lipinski definition) is 3. The third-order valence-electron chi connectivity index (χ3n) is 2.61. The van der Waals surface area contributed by atoms with E-state index < -0.39 is 0 Å². The summed E-state index contributed by atoms with van der Waals surface area (Å²) in [4.78, 5) is 4.27. The molecule has 0 fully saturated rings. The number of pyridine rings is 1.